The molecule has 0 atom stereocenters. The summed E-state index contributed by atoms with van der Waals surface area (Å²) in [6.45, 7) is 4.13. The minimum absolute atomic E-state index is 0.0883. The highest BCUT2D eigenvalue weighted by atomic mass is 32.2. The van der Waals surface area contributed by atoms with Gasteiger partial charge in [-0.05, 0) is 41.5 Å². The van der Waals surface area contributed by atoms with Gasteiger partial charge >= 0.3 is 5.97 Å². The van der Waals surface area contributed by atoms with E-state index < -0.39 is 5.97 Å². The van der Waals surface area contributed by atoms with Gasteiger partial charge in [-0.3, -0.25) is 9.59 Å². The van der Waals surface area contributed by atoms with Crippen LogP contribution in [0.2, 0.25) is 0 Å². The fraction of sp³-hybridized carbons (Fsp3) is 0.316. The van der Waals surface area contributed by atoms with Gasteiger partial charge in [0.15, 0.2) is 0 Å². The molecule has 2 heterocycles. The van der Waals surface area contributed by atoms with E-state index in [2.05, 4.69) is 24.5 Å². The molecule has 0 radical (unpaired) electrons. The summed E-state index contributed by atoms with van der Waals surface area (Å²) in [6.07, 6.45) is 0.721. The molecule has 0 bridgehead atoms. The quantitative estimate of drug-likeness (QED) is 0.735. The van der Waals surface area contributed by atoms with E-state index in [0.29, 0.717) is 33.5 Å². The summed E-state index contributed by atoms with van der Waals surface area (Å²) in [5.41, 5.74) is 2.31. The van der Waals surface area contributed by atoms with Crippen LogP contribution < -0.4 is 10.6 Å². The van der Waals surface area contributed by atoms with Crippen LogP contribution in [0.1, 0.15) is 40.1 Å². The van der Waals surface area contributed by atoms with Crippen molar-refractivity contribution >= 4 is 51.6 Å². The van der Waals surface area contributed by atoms with Crippen LogP contribution in [0.15, 0.2) is 28.5 Å². The topological polar surface area (TPSA) is 84.5 Å². The number of hydrogen-bond donors (Lipinski definition) is 2. The molecule has 27 heavy (non-hydrogen) atoms. The van der Waals surface area contributed by atoms with Crippen LogP contribution >= 0.6 is 23.1 Å². The monoisotopic (exact) mass is 404 g/mol. The maximum Gasteiger partial charge on any atom is 0.341 e. The number of anilines is 2. The van der Waals surface area contributed by atoms with Crippen LogP contribution in [0.25, 0.3) is 0 Å². The van der Waals surface area contributed by atoms with Crippen molar-refractivity contribution in [2.45, 2.75) is 25.2 Å². The number of rotatable bonds is 5. The van der Waals surface area contributed by atoms with E-state index in [1.807, 2.05) is 11.4 Å². The molecule has 3 rings (SSSR count). The minimum atomic E-state index is -0.462. The number of nitrogens with one attached hydrogen (secondary N) is 2. The van der Waals surface area contributed by atoms with E-state index in [4.69, 9.17) is 4.74 Å². The molecule has 1 aliphatic rings. The second kappa shape index (κ2) is 8.14. The second-order valence-electron chi connectivity index (χ2n) is 6.56. The molecule has 0 saturated carbocycles. The first kappa shape index (κ1) is 19.4. The van der Waals surface area contributed by atoms with E-state index in [1.54, 1.807) is 12.1 Å². The molecule has 2 N–H and O–H groups in total. The largest absolute Gasteiger partial charge is 0.465 e. The van der Waals surface area contributed by atoms with Gasteiger partial charge in [-0.15, -0.1) is 23.1 Å². The summed E-state index contributed by atoms with van der Waals surface area (Å²) >= 11 is 2.74. The first-order valence-electron chi connectivity index (χ1n) is 8.45. The maximum absolute atomic E-state index is 12.7. The number of benzene rings is 1. The Kier molecular flexibility index (Phi) is 5.86. The third-order valence-corrected chi connectivity index (χ3v) is 6.00. The molecule has 2 amide bonds. The lowest BCUT2D eigenvalue weighted by atomic mass is 10.0. The van der Waals surface area contributed by atoms with Crippen LogP contribution in [0.4, 0.5) is 10.7 Å². The molecular weight excluding hydrogens is 384 g/mol. The summed E-state index contributed by atoms with van der Waals surface area (Å²) in [5.74, 6) is -0.153. The van der Waals surface area contributed by atoms with E-state index in [-0.39, 0.29) is 11.8 Å². The third kappa shape index (κ3) is 4.33. The highest BCUT2D eigenvalue weighted by Gasteiger charge is 2.23. The molecule has 0 unspecified atom stereocenters. The lowest BCUT2D eigenvalue weighted by Gasteiger charge is -2.17. The molecule has 2 aromatic rings. The van der Waals surface area contributed by atoms with Gasteiger partial charge in [0, 0.05) is 10.5 Å². The van der Waals surface area contributed by atoms with Crippen LogP contribution in [-0.4, -0.2) is 30.6 Å². The third-order valence-electron chi connectivity index (χ3n) is 3.99. The van der Waals surface area contributed by atoms with Gasteiger partial charge in [-0.1, -0.05) is 13.8 Å². The van der Waals surface area contributed by atoms with Crippen molar-refractivity contribution < 1.29 is 19.1 Å². The Morgan fingerprint density at radius 3 is 2.81 bits per heavy atom. The summed E-state index contributed by atoms with van der Waals surface area (Å²) < 4.78 is 4.90. The van der Waals surface area contributed by atoms with Crippen molar-refractivity contribution in [1.82, 2.24) is 0 Å². The van der Waals surface area contributed by atoms with Gasteiger partial charge in [0.2, 0.25) is 5.91 Å². The number of thioether (sulfide) groups is 1. The molecule has 8 heteroatoms. The van der Waals surface area contributed by atoms with E-state index in [9.17, 15) is 14.4 Å². The number of fused-ring (bicyclic) bond motifs is 1. The summed E-state index contributed by atoms with van der Waals surface area (Å²) in [7, 11) is 1.33. The van der Waals surface area contributed by atoms with Gasteiger partial charge in [0.25, 0.3) is 5.91 Å². The standard InChI is InChI=1S/C19H20N2O4S2/c1-10(2)6-12-8-27-18(16(12)19(24)25-3)21-17(23)11-4-5-14-13(7-11)20-15(22)9-26-14/h4-5,7-8,10H,6,9H2,1-3H3,(H,20,22)(H,21,23). The van der Waals surface area contributed by atoms with Gasteiger partial charge in [0.05, 0.1) is 24.1 Å². The molecular formula is C19H20N2O4S2. The zero-order valence-electron chi connectivity index (χ0n) is 15.3. The van der Waals surface area contributed by atoms with Crippen LogP contribution in [0, 0.1) is 5.92 Å². The molecule has 142 valence electrons. The summed E-state index contributed by atoms with van der Waals surface area (Å²) in [5, 5.41) is 7.94. The Balaban J connectivity index is 1.86. The molecule has 0 aliphatic carbocycles. The lowest BCUT2D eigenvalue weighted by Crippen LogP contribution is -2.20. The zero-order chi connectivity index (χ0) is 19.6. The molecule has 0 saturated heterocycles. The molecule has 0 spiro atoms. The Bertz CT molecular complexity index is 905. The number of carbonyl (C=O) groups is 3. The molecule has 0 fully saturated rings. The maximum atomic E-state index is 12.7. The van der Waals surface area contributed by atoms with E-state index in [1.165, 1.54) is 30.2 Å². The zero-order valence-corrected chi connectivity index (χ0v) is 16.9. The molecule has 1 aromatic heterocycles. The number of ether oxygens (including phenoxy) is 1. The fourth-order valence-corrected chi connectivity index (χ4v) is 4.55. The van der Waals surface area contributed by atoms with E-state index in [0.717, 1.165) is 16.9 Å². The van der Waals surface area contributed by atoms with Crippen LogP contribution in [0.3, 0.4) is 0 Å². The number of amides is 2. The number of hydrogen-bond acceptors (Lipinski definition) is 6. The van der Waals surface area contributed by atoms with Crippen molar-refractivity contribution in [2.75, 3.05) is 23.5 Å². The molecule has 6 nitrogen and oxygen atoms in total. The fourth-order valence-electron chi connectivity index (χ4n) is 2.80. The van der Waals surface area contributed by atoms with Gasteiger partial charge in [-0.2, -0.15) is 0 Å². The first-order chi connectivity index (χ1) is 12.9. The van der Waals surface area contributed by atoms with Crippen LogP contribution in [0.5, 0.6) is 0 Å². The average molecular weight is 405 g/mol. The second-order valence-corrected chi connectivity index (χ2v) is 8.45. The number of thiophene rings is 1. The van der Waals surface area contributed by atoms with Crippen LogP contribution in [-0.2, 0) is 16.0 Å². The Morgan fingerprint density at radius 1 is 1.33 bits per heavy atom. The highest BCUT2D eigenvalue weighted by Crippen LogP contribution is 2.34. The molecule has 1 aromatic carbocycles. The van der Waals surface area contributed by atoms with Gasteiger partial charge in [0.1, 0.15) is 5.00 Å². The average Bonchev–Trinajstić information content (AvgIpc) is 3.01. The summed E-state index contributed by atoms with van der Waals surface area (Å²) in [4.78, 5) is 37.4. The Labute approximate surface area is 165 Å². The Hall–Kier alpha value is -2.32. The number of esters is 1. The predicted molar refractivity (Wildman–Crippen MR) is 108 cm³/mol. The minimum Gasteiger partial charge on any atom is -0.465 e. The molecule has 1 aliphatic heterocycles. The van der Waals surface area contributed by atoms with E-state index >= 15 is 0 Å². The van der Waals surface area contributed by atoms with Crippen molar-refractivity contribution in [2.24, 2.45) is 5.92 Å². The van der Waals surface area contributed by atoms with Crippen molar-refractivity contribution in [3.63, 3.8) is 0 Å². The van der Waals surface area contributed by atoms with Crippen molar-refractivity contribution in [3.8, 4) is 0 Å². The number of carbonyl (C=O) groups excluding carboxylic acids is 3. The summed E-state index contributed by atoms with van der Waals surface area (Å²) in [6, 6.07) is 5.17. The van der Waals surface area contributed by atoms with Gasteiger partial charge in [-0.25, -0.2) is 4.79 Å². The smallest absolute Gasteiger partial charge is 0.341 e. The number of methoxy groups -OCH3 is 1. The Morgan fingerprint density at radius 2 is 2.11 bits per heavy atom. The van der Waals surface area contributed by atoms with Gasteiger partial charge < -0.3 is 15.4 Å². The highest BCUT2D eigenvalue weighted by molar-refractivity contribution is 8.00. The SMILES string of the molecule is COC(=O)c1c(CC(C)C)csc1NC(=O)c1ccc2c(c1)NC(=O)CS2. The normalized spacial score (nSPS) is 13.1. The lowest BCUT2D eigenvalue weighted by molar-refractivity contribution is -0.113. The first-order valence-corrected chi connectivity index (χ1v) is 10.3. The van der Waals surface area contributed by atoms with Crippen molar-refractivity contribution in [1.29, 1.82) is 0 Å². The predicted octanol–water partition coefficient (Wildman–Crippen LogP) is 4.03. The van der Waals surface area contributed by atoms with Crippen molar-refractivity contribution in [3.05, 3.63) is 40.3 Å².